The van der Waals surface area contributed by atoms with Gasteiger partial charge in [0.25, 0.3) is 12.3 Å². The number of hydrogen-bond donors (Lipinski definition) is 2. The number of amides is 1. The molecule has 152 valence electrons. The molecule has 1 amide bonds. The van der Waals surface area contributed by atoms with E-state index in [1.165, 1.54) is 22.4 Å². The van der Waals surface area contributed by atoms with Gasteiger partial charge >= 0.3 is 0 Å². The number of carbonyl (C=O) groups is 1. The second-order valence-electron chi connectivity index (χ2n) is 7.42. The second-order valence-corrected chi connectivity index (χ2v) is 7.42. The van der Waals surface area contributed by atoms with E-state index >= 15 is 0 Å². The van der Waals surface area contributed by atoms with Crippen LogP contribution in [0, 0.1) is 0 Å². The van der Waals surface area contributed by atoms with E-state index in [0.29, 0.717) is 23.5 Å². The third kappa shape index (κ3) is 3.01. The van der Waals surface area contributed by atoms with E-state index in [9.17, 15) is 13.6 Å². The molecule has 5 rings (SSSR count). The zero-order valence-corrected chi connectivity index (χ0v) is 15.7. The fourth-order valence-electron chi connectivity index (χ4n) is 4.24. The first-order valence-corrected chi connectivity index (χ1v) is 9.48. The molecule has 5 heterocycles. The van der Waals surface area contributed by atoms with E-state index in [1.807, 2.05) is 0 Å². The van der Waals surface area contributed by atoms with E-state index in [-0.39, 0.29) is 11.4 Å². The molecule has 0 spiro atoms. The van der Waals surface area contributed by atoms with Crippen molar-refractivity contribution < 1.29 is 13.6 Å². The summed E-state index contributed by atoms with van der Waals surface area (Å²) in [7, 11) is 1.52. The number of aromatic nitrogens is 5. The third-order valence-corrected chi connectivity index (χ3v) is 5.54. The number of alkyl halides is 2. The number of fused-ring (bicyclic) bond motifs is 3. The van der Waals surface area contributed by atoms with Gasteiger partial charge in [0.05, 0.1) is 17.4 Å². The van der Waals surface area contributed by atoms with Crippen LogP contribution >= 0.6 is 0 Å². The number of hydrogen-bond acceptors (Lipinski definition) is 6. The van der Waals surface area contributed by atoms with Crippen LogP contribution in [0.1, 0.15) is 35.4 Å². The number of rotatable bonds is 4. The number of piperazine rings is 1. The Kier molecular flexibility index (Phi) is 4.19. The maximum absolute atomic E-state index is 13.2. The summed E-state index contributed by atoms with van der Waals surface area (Å²) >= 11 is 0. The summed E-state index contributed by atoms with van der Waals surface area (Å²) in [5.74, 6) is 0.0410. The number of nitrogens with zero attached hydrogens (tertiary/aromatic N) is 6. The van der Waals surface area contributed by atoms with Crippen molar-refractivity contribution in [1.29, 1.82) is 0 Å². The van der Waals surface area contributed by atoms with Gasteiger partial charge in [-0.3, -0.25) is 9.48 Å². The molecule has 0 radical (unpaired) electrons. The summed E-state index contributed by atoms with van der Waals surface area (Å²) in [4.78, 5) is 19.5. The lowest BCUT2D eigenvalue weighted by molar-refractivity contribution is 0.101. The molecule has 0 aliphatic carbocycles. The molecule has 2 N–H and O–H groups in total. The minimum atomic E-state index is -2.78. The van der Waals surface area contributed by atoms with E-state index in [4.69, 9.17) is 0 Å². The van der Waals surface area contributed by atoms with Gasteiger partial charge in [-0.15, -0.1) is 5.10 Å². The molecule has 2 fully saturated rings. The molecule has 3 aromatic rings. The molecule has 2 saturated heterocycles. The van der Waals surface area contributed by atoms with Gasteiger partial charge in [0.15, 0.2) is 5.69 Å². The Balaban J connectivity index is 1.47. The number of anilines is 2. The van der Waals surface area contributed by atoms with Gasteiger partial charge in [-0.1, -0.05) is 0 Å². The van der Waals surface area contributed by atoms with E-state index < -0.39 is 18.0 Å². The summed E-state index contributed by atoms with van der Waals surface area (Å²) < 4.78 is 29.1. The number of nitrogens with one attached hydrogen (secondary N) is 2. The molecule has 2 unspecified atom stereocenters. The SMILES string of the molecule is Cn1cc(NC(=O)c2ccc3cnc(N4C5CCC4CNC5)nn23)c(C(F)F)n1. The highest BCUT2D eigenvalue weighted by Gasteiger charge is 2.38. The van der Waals surface area contributed by atoms with Gasteiger partial charge in [0.2, 0.25) is 5.95 Å². The van der Waals surface area contributed by atoms with Crippen molar-refractivity contribution in [3.63, 3.8) is 0 Å². The maximum atomic E-state index is 13.2. The quantitative estimate of drug-likeness (QED) is 0.689. The van der Waals surface area contributed by atoms with Crippen LogP contribution in [0.4, 0.5) is 20.4 Å². The van der Waals surface area contributed by atoms with Crippen LogP contribution in [-0.2, 0) is 7.05 Å². The fraction of sp³-hybridized carbons (Fsp3) is 0.444. The highest BCUT2D eigenvalue weighted by Crippen LogP contribution is 2.30. The van der Waals surface area contributed by atoms with Crippen LogP contribution in [0.2, 0.25) is 0 Å². The van der Waals surface area contributed by atoms with Gasteiger partial charge in [0, 0.05) is 38.4 Å². The largest absolute Gasteiger partial charge is 0.331 e. The Hall–Kier alpha value is -3.08. The average Bonchev–Trinajstić information content (AvgIpc) is 3.34. The molecule has 2 aliphatic heterocycles. The van der Waals surface area contributed by atoms with Gasteiger partial charge in [-0.05, 0) is 25.0 Å². The molecule has 2 atom stereocenters. The number of halogens is 2. The first kappa shape index (κ1) is 18.0. The van der Waals surface area contributed by atoms with Crippen LogP contribution in [-0.4, -0.2) is 55.5 Å². The summed E-state index contributed by atoms with van der Waals surface area (Å²) in [6, 6.07) is 4.00. The van der Waals surface area contributed by atoms with Crippen molar-refractivity contribution in [2.24, 2.45) is 7.05 Å². The molecule has 0 aromatic carbocycles. The topological polar surface area (TPSA) is 92.4 Å². The number of aryl methyl sites for hydroxylation is 1. The summed E-state index contributed by atoms with van der Waals surface area (Å²) in [5.41, 5.74) is 0.420. The smallest absolute Gasteiger partial charge is 0.284 e. The Labute approximate surface area is 164 Å². The fourth-order valence-corrected chi connectivity index (χ4v) is 4.24. The predicted molar refractivity (Wildman–Crippen MR) is 101 cm³/mol. The van der Waals surface area contributed by atoms with Crippen molar-refractivity contribution >= 4 is 23.1 Å². The molecule has 2 bridgehead atoms. The molecule has 3 aromatic heterocycles. The number of carbonyl (C=O) groups excluding carboxylic acids is 1. The van der Waals surface area contributed by atoms with Crippen LogP contribution < -0.4 is 15.5 Å². The van der Waals surface area contributed by atoms with Crippen LogP contribution in [0.15, 0.2) is 24.5 Å². The lowest BCUT2D eigenvalue weighted by Gasteiger charge is -2.35. The Morgan fingerprint density at radius 3 is 2.72 bits per heavy atom. The zero-order valence-electron chi connectivity index (χ0n) is 15.7. The van der Waals surface area contributed by atoms with Crippen molar-refractivity contribution in [3.8, 4) is 0 Å². The van der Waals surface area contributed by atoms with Gasteiger partial charge < -0.3 is 15.5 Å². The molecular formula is C18H20F2N8O. The first-order valence-electron chi connectivity index (χ1n) is 9.48. The second kappa shape index (κ2) is 6.76. The molecular weight excluding hydrogens is 382 g/mol. The molecule has 11 heteroatoms. The van der Waals surface area contributed by atoms with E-state index in [2.05, 4.69) is 30.7 Å². The van der Waals surface area contributed by atoms with Gasteiger partial charge in [-0.25, -0.2) is 18.3 Å². The maximum Gasteiger partial charge on any atom is 0.284 e. The van der Waals surface area contributed by atoms with E-state index in [1.54, 1.807) is 18.3 Å². The normalized spacial score (nSPS) is 21.3. The minimum Gasteiger partial charge on any atom is -0.331 e. The molecule has 9 nitrogen and oxygen atoms in total. The van der Waals surface area contributed by atoms with Crippen molar-refractivity contribution in [1.82, 2.24) is 29.7 Å². The summed E-state index contributed by atoms with van der Waals surface area (Å²) in [5, 5.41) is 14.3. The lowest BCUT2D eigenvalue weighted by Crippen LogP contribution is -2.52. The monoisotopic (exact) mass is 402 g/mol. The first-order chi connectivity index (χ1) is 14.0. The molecule has 0 saturated carbocycles. The Morgan fingerprint density at radius 1 is 1.24 bits per heavy atom. The minimum absolute atomic E-state index is 0.0168. The van der Waals surface area contributed by atoms with E-state index in [0.717, 1.165) is 25.9 Å². The highest BCUT2D eigenvalue weighted by atomic mass is 19.3. The van der Waals surface area contributed by atoms with Gasteiger partial charge in [0.1, 0.15) is 5.69 Å². The summed E-state index contributed by atoms with van der Waals surface area (Å²) in [6.07, 6.45) is 2.40. The Morgan fingerprint density at radius 2 is 2.00 bits per heavy atom. The van der Waals surface area contributed by atoms with Gasteiger partial charge in [-0.2, -0.15) is 5.10 Å². The molecule has 2 aliphatic rings. The van der Waals surface area contributed by atoms with Crippen molar-refractivity contribution in [3.05, 3.63) is 35.9 Å². The third-order valence-electron chi connectivity index (χ3n) is 5.54. The zero-order chi connectivity index (χ0) is 20.1. The predicted octanol–water partition coefficient (Wildman–Crippen LogP) is 1.59. The summed E-state index contributed by atoms with van der Waals surface area (Å²) in [6.45, 7) is 1.77. The molecule has 29 heavy (non-hydrogen) atoms. The average molecular weight is 402 g/mol. The van der Waals surface area contributed by atoms with Crippen LogP contribution in [0.5, 0.6) is 0 Å². The Bertz CT molecular complexity index is 1060. The van der Waals surface area contributed by atoms with Crippen molar-refractivity contribution in [2.45, 2.75) is 31.4 Å². The highest BCUT2D eigenvalue weighted by molar-refractivity contribution is 6.04. The van der Waals surface area contributed by atoms with Crippen LogP contribution in [0.25, 0.3) is 5.52 Å². The standard InChI is InChI=1S/C18H20F2N8O/c1-26-9-13(15(24-26)16(19)20)23-17(29)14-5-4-12-8-22-18(25-28(12)14)27-10-2-3-11(27)7-21-6-10/h4-5,8-11,16,21H,2-3,6-7H2,1H3,(H,23,29). The van der Waals surface area contributed by atoms with Crippen molar-refractivity contribution in [2.75, 3.05) is 23.3 Å². The lowest BCUT2D eigenvalue weighted by atomic mass is 10.2. The van der Waals surface area contributed by atoms with Crippen LogP contribution in [0.3, 0.4) is 0 Å².